The van der Waals surface area contributed by atoms with Crippen LogP contribution in [0.4, 0.5) is 5.69 Å². The highest BCUT2D eigenvalue weighted by atomic mass is 32.2. The number of aliphatic hydroxyl groups excluding tert-OH is 1. The first-order valence-corrected chi connectivity index (χ1v) is 7.99. The van der Waals surface area contributed by atoms with Gasteiger partial charge >= 0.3 is 0 Å². The van der Waals surface area contributed by atoms with E-state index in [1.165, 1.54) is 6.26 Å². The van der Waals surface area contributed by atoms with Crippen molar-refractivity contribution in [1.82, 2.24) is 0 Å². The van der Waals surface area contributed by atoms with Gasteiger partial charge in [-0.1, -0.05) is 12.1 Å². The molecule has 1 unspecified atom stereocenters. The summed E-state index contributed by atoms with van der Waals surface area (Å²) in [5.41, 5.74) is 1.85. The number of sulfone groups is 1. The van der Waals surface area contributed by atoms with Crippen molar-refractivity contribution in [2.45, 2.75) is 18.9 Å². The summed E-state index contributed by atoms with van der Waals surface area (Å²) in [5.74, 6) is 0.122. The van der Waals surface area contributed by atoms with Crippen molar-refractivity contribution in [1.29, 1.82) is 0 Å². The summed E-state index contributed by atoms with van der Waals surface area (Å²) in [6, 6.07) is 7.64. The lowest BCUT2D eigenvalue weighted by Gasteiger charge is -2.16. The second-order valence-electron chi connectivity index (χ2n) is 4.78. The third-order valence-corrected chi connectivity index (χ3v) is 3.79. The highest BCUT2D eigenvalue weighted by Gasteiger charge is 2.10. The molecular formula is C13H21NO3S. The van der Waals surface area contributed by atoms with E-state index >= 15 is 0 Å². The van der Waals surface area contributed by atoms with E-state index in [0.29, 0.717) is 12.8 Å². The largest absolute Gasteiger partial charge is 0.388 e. The van der Waals surface area contributed by atoms with Gasteiger partial charge in [0, 0.05) is 31.8 Å². The van der Waals surface area contributed by atoms with Crippen LogP contribution in [-0.2, 0) is 9.84 Å². The van der Waals surface area contributed by atoms with Gasteiger partial charge in [-0.2, -0.15) is 0 Å². The van der Waals surface area contributed by atoms with Crippen molar-refractivity contribution in [2.24, 2.45) is 0 Å². The SMILES string of the molecule is CN(C)c1cccc(C(O)CCCS(C)(=O)=O)c1. The van der Waals surface area contributed by atoms with E-state index in [4.69, 9.17) is 0 Å². The lowest BCUT2D eigenvalue weighted by atomic mass is 10.0. The molecule has 0 radical (unpaired) electrons. The maximum absolute atomic E-state index is 11.0. The van der Waals surface area contributed by atoms with Crippen LogP contribution >= 0.6 is 0 Å². The van der Waals surface area contributed by atoms with E-state index in [9.17, 15) is 13.5 Å². The zero-order chi connectivity index (χ0) is 13.8. The lowest BCUT2D eigenvalue weighted by molar-refractivity contribution is 0.167. The van der Waals surface area contributed by atoms with Crippen LogP contribution in [0.25, 0.3) is 0 Å². The standard InChI is InChI=1S/C13H21NO3S/c1-14(2)12-7-4-6-11(10-12)13(15)8-5-9-18(3,16)17/h4,6-7,10,13,15H,5,8-9H2,1-3H3. The number of hydrogen-bond acceptors (Lipinski definition) is 4. The molecule has 0 fully saturated rings. The smallest absolute Gasteiger partial charge is 0.147 e. The average Bonchev–Trinajstić information content (AvgIpc) is 2.27. The van der Waals surface area contributed by atoms with Crippen molar-refractivity contribution in [2.75, 3.05) is 31.0 Å². The Labute approximate surface area is 109 Å². The average molecular weight is 271 g/mol. The fourth-order valence-electron chi connectivity index (χ4n) is 1.72. The Morgan fingerprint density at radius 3 is 2.56 bits per heavy atom. The molecule has 0 bridgehead atoms. The zero-order valence-corrected chi connectivity index (χ0v) is 11.9. The molecule has 0 spiro atoms. The molecule has 0 aliphatic carbocycles. The Kier molecular flexibility index (Phi) is 5.16. The van der Waals surface area contributed by atoms with Crippen LogP contribution in [0.3, 0.4) is 0 Å². The van der Waals surface area contributed by atoms with Gasteiger partial charge in [-0.15, -0.1) is 0 Å². The molecule has 1 atom stereocenters. The molecular weight excluding hydrogens is 250 g/mol. The van der Waals surface area contributed by atoms with Crippen LogP contribution in [0, 0.1) is 0 Å². The van der Waals surface area contributed by atoms with E-state index in [-0.39, 0.29) is 5.75 Å². The molecule has 0 aromatic heterocycles. The van der Waals surface area contributed by atoms with Crippen molar-refractivity contribution >= 4 is 15.5 Å². The fourth-order valence-corrected chi connectivity index (χ4v) is 2.41. The third kappa shape index (κ3) is 5.06. The van der Waals surface area contributed by atoms with Crippen LogP contribution in [0.15, 0.2) is 24.3 Å². The summed E-state index contributed by atoms with van der Waals surface area (Å²) >= 11 is 0. The first-order valence-electron chi connectivity index (χ1n) is 5.92. The van der Waals surface area contributed by atoms with Crippen molar-refractivity contribution in [3.63, 3.8) is 0 Å². The Hall–Kier alpha value is -1.07. The second kappa shape index (κ2) is 6.20. The number of hydrogen-bond donors (Lipinski definition) is 1. The van der Waals surface area contributed by atoms with Crippen LogP contribution in [-0.4, -0.2) is 39.6 Å². The minimum atomic E-state index is -2.94. The highest BCUT2D eigenvalue weighted by Crippen LogP contribution is 2.22. The first kappa shape index (κ1) is 15.0. The molecule has 0 aliphatic rings. The van der Waals surface area contributed by atoms with Gasteiger partial charge < -0.3 is 10.0 Å². The van der Waals surface area contributed by atoms with Crippen molar-refractivity contribution < 1.29 is 13.5 Å². The van der Waals surface area contributed by atoms with Gasteiger partial charge in [0.25, 0.3) is 0 Å². The quantitative estimate of drug-likeness (QED) is 0.854. The Balaban J connectivity index is 2.61. The Bertz CT molecular complexity index is 483. The summed E-state index contributed by atoms with van der Waals surface area (Å²) in [5, 5.41) is 10.0. The van der Waals surface area contributed by atoms with E-state index in [2.05, 4.69) is 0 Å². The molecule has 0 aliphatic heterocycles. The molecule has 0 heterocycles. The van der Waals surface area contributed by atoms with Gasteiger partial charge in [0.15, 0.2) is 0 Å². The van der Waals surface area contributed by atoms with Crippen LogP contribution in [0.5, 0.6) is 0 Å². The summed E-state index contributed by atoms with van der Waals surface area (Å²) in [6.45, 7) is 0. The Morgan fingerprint density at radius 2 is 2.00 bits per heavy atom. The molecule has 1 rings (SSSR count). The highest BCUT2D eigenvalue weighted by molar-refractivity contribution is 7.90. The number of anilines is 1. The molecule has 18 heavy (non-hydrogen) atoms. The van der Waals surface area contributed by atoms with E-state index in [0.717, 1.165) is 11.3 Å². The number of rotatable bonds is 6. The number of benzene rings is 1. The van der Waals surface area contributed by atoms with Gasteiger partial charge in [-0.25, -0.2) is 8.42 Å². The molecule has 0 amide bonds. The normalized spacial score (nSPS) is 13.3. The van der Waals surface area contributed by atoms with E-state index in [1.54, 1.807) is 0 Å². The molecule has 1 N–H and O–H groups in total. The van der Waals surface area contributed by atoms with Gasteiger partial charge in [-0.05, 0) is 30.5 Å². The predicted octanol–water partition coefficient (Wildman–Crippen LogP) is 1.61. The first-order chi connectivity index (χ1) is 8.29. The molecule has 4 nitrogen and oxygen atoms in total. The van der Waals surface area contributed by atoms with Gasteiger partial charge in [0.05, 0.1) is 6.10 Å². The number of aliphatic hydroxyl groups is 1. The van der Waals surface area contributed by atoms with Crippen LogP contribution in [0.1, 0.15) is 24.5 Å². The zero-order valence-electron chi connectivity index (χ0n) is 11.1. The molecule has 1 aromatic carbocycles. The Morgan fingerprint density at radius 1 is 1.33 bits per heavy atom. The van der Waals surface area contributed by atoms with Gasteiger partial charge in [0.1, 0.15) is 9.84 Å². The minimum Gasteiger partial charge on any atom is -0.388 e. The molecule has 1 aromatic rings. The van der Waals surface area contributed by atoms with E-state index < -0.39 is 15.9 Å². The lowest BCUT2D eigenvalue weighted by Crippen LogP contribution is -2.10. The monoisotopic (exact) mass is 271 g/mol. The molecule has 0 saturated heterocycles. The summed E-state index contributed by atoms with van der Waals surface area (Å²) < 4.78 is 22.0. The molecule has 0 saturated carbocycles. The summed E-state index contributed by atoms with van der Waals surface area (Å²) in [4.78, 5) is 1.97. The van der Waals surface area contributed by atoms with Crippen LogP contribution < -0.4 is 4.90 Å². The topological polar surface area (TPSA) is 57.6 Å². The summed E-state index contributed by atoms with van der Waals surface area (Å²) in [7, 11) is 0.936. The third-order valence-electron chi connectivity index (χ3n) is 2.76. The maximum atomic E-state index is 11.0. The maximum Gasteiger partial charge on any atom is 0.147 e. The van der Waals surface area contributed by atoms with Crippen molar-refractivity contribution in [3.05, 3.63) is 29.8 Å². The number of nitrogens with zero attached hydrogens (tertiary/aromatic N) is 1. The van der Waals surface area contributed by atoms with Gasteiger partial charge in [-0.3, -0.25) is 0 Å². The van der Waals surface area contributed by atoms with Crippen molar-refractivity contribution in [3.8, 4) is 0 Å². The second-order valence-corrected chi connectivity index (χ2v) is 7.04. The molecule has 102 valence electrons. The van der Waals surface area contributed by atoms with Gasteiger partial charge in [0.2, 0.25) is 0 Å². The molecule has 5 heteroatoms. The minimum absolute atomic E-state index is 0.122. The predicted molar refractivity (Wildman–Crippen MR) is 74.7 cm³/mol. The summed E-state index contributed by atoms with van der Waals surface area (Å²) in [6.07, 6.45) is 1.55. The fraction of sp³-hybridized carbons (Fsp3) is 0.538. The van der Waals surface area contributed by atoms with Crippen LogP contribution in [0.2, 0.25) is 0 Å². The van der Waals surface area contributed by atoms with E-state index in [1.807, 2.05) is 43.3 Å².